The Morgan fingerprint density at radius 1 is 1.35 bits per heavy atom. The average molecular weight is 309 g/mol. The number of carbonyl (C=O) groups excluding carboxylic acids is 1. The number of hydrogen-bond acceptors (Lipinski definition) is 7. The molecule has 2 rings (SSSR count). The van der Waals surface area contributed by atoms with Gasteiger partial charge in [-0.2, -0.15) is 0 Å². The lowest BCUT2D eigenvalue weighted by atomic mass is 10.1. The molecule has 1 N–H and O–H groups in total. The predicted octanol–water partition coefficient (Wildman–Crippen LogP) is 3.16. The van der Waals surface area contributed by atoms with E-state index in [1.54, 1.807) is 0 Å². The number of aryl methyl sites for hydroxylation is 2. The highest BCUT2D eigenvalue weighted by Crippen LogP contribution is 2.28. The van der Waals surface area contributed by atoms with Gasteiger partial charge in [-0.25, -0.2) is 0 Å². The Kier molecular flexibility index (Phi) is 4.97. The van der Waals surface area contributed by atoms with Gasteiger partial charge in [-0.3, -0.25) is 4.79 Å². The second-order valence-electron chi connectivity index (χ2n) is 4.16. The van der Waals surface area contributed by atoms with Crippen molar-refractivity contribution in [2.45, 2.75) is 18.2 Å². The lowest BCUT2D eigenvalue weighted by molar-refractivity contribution is -0.137. The van der Waals surface area contributed by atoms with Crippen molar-refractivity contribution in [1.29, 1.82) is 0 Å². The van der Waals surface area contributed by atoms with E-state index in [0.29, 0.717) is 5.13 Å². The molecule has 0 aliphatic carbocycles. The molecule has 0 aliphatic rings. The number of ether oxygens (including phenoxy) is 1. The van der Waals surface area contributed by atoms with E-state index < -0.39 is 0 Å². The van der Waals surface area contributed by atoms with Crippen LogP contribution in [0.3, 0.4) is 0 Å². The Morgan fingerprint density at radius 3 is 2.85 bits per heavy atom. The van der Waals surface area contributed by atoms with Crippen LogP contribution in [0.4, 0.5) is 10.8 Å². The predicted molar refractivity (Wildman–Crippen MR) is 81.8 cm³/mol. The van der Waals surface area contributed by atoms with Gasteiger partial charge in [0.1, 0.15) is 0 Å². The van der Waals surface area contributed by atoms with Crippen molar-refractivity contribution in [1.82, 2.24) is 10.2 Å². The van der Waals surface area contributed by atoms with Crippen LogP contribution < -0.4 is 5.32 Å². The summed E-state index contributed by atoms with van der Waals surface area (Å²) in [5, 5.41) is 12.0. The van der Waals surface area contributed by atoms with Gasteiger partial charge >= 0.3 is 5.97 Å². The lowest BCUT2D eigenvalue weighted by Crippen LogP contribution is -2.02. The van der Waals surface area contributed by atoms with E-state index >= 15 is 0 Å². The summed E-state index contributed by atoms with van der Waals surface area (Å²) < 4.78 is 5.32. The topological polar surface area (TPSA) is 64.1 Å². The zero-order valence-electron chi connectivity index (χ0n) is 11.5. The number of hydrogen-bond donors (Lipinski definition) is 1. The molecule has 20 heavy (non-hydrogen) atoms. The molecule has 0 bridgehead atoms. The molecule has 0 radical (unpaired) electrons. The molecule has 0 spiro atoms. The van der Waals surface area contributed by atoms with Crippen molar-refractivity contribution >= 4 is 39.9 Å². The van der Waals surface area contributed by atoms with Crippen LogP contribution in [-0.2, 0) is 9.53 Å². The average Bonchev–Trinajstić information content (AvgIpc) is 2.88. The standard InChI is InChI=1S/C13H15N3O2S2/c1-8-4-5-10(6-9(8)2)14-12-15-16-13(20-12)19-7-11(17)18-3/h4-6H,7H2,1-3H3,(H,14,15). The minimum atomic E-state index is -0.270. The van der Waals surface area contributed by atoms with Crippen molar-refractivity contribution in [3.8, 4) is 0 Å². The third-order valence-electron chi connectivity index (χ3n) is 2.71. The first-order chi connectivity index (χ1) is 9.58. The van der Waals surface area contributed by atoms with Gasteiger partial charge in [0.25, 0.3) is 0 Å². The SMILES string of the molecule is COC(=O)CSc1nnc(Nc2ccc(C)c(C)c2)s1. The van der Waals surface area contributed by atoms with Crippen LogP contribution in [0, 0.1) is 13.8 Å². The number of thioether (sulfide) groups is 1. The van der Waals surface area contributed by atoms with Gasteiger partial charge in [-0.05, 0) is 37.1 Å². The number of nitrogens with zero attached hydrogens (tertiary/aromatic N) is 2. The molecule has 5 nitrogen and oxygen atoms in total. The lowest BCUT2D eigenvalue weighted by Gasteiger charge is -2.05. The van der Waals surface area contributed by atoms with Crippen LogP contribution in [0.5, 0.6) is 0 Å². The molecule has 1 heterocycles. The van der Waals surface area contributed by atoms with Crippen LogP contribution in [0.1, 0.15) is 11.1 Å². The van der Waals surface area contributed by atoms with Gasteiger partial charge in [0.15, 0.2) is 4.34 Å². The fourth-order valence-electron chi connectivity index (χ4n) is 1.44. The summed E-state index contributed by atoms with van der Waals surface area (Å²) in [5.41, 5.74) is 3.45. The Labute approximate surface area is 125 Å². The summed E-state index contributed by atoms with van der Waals surface area (Å²) in [7, 11) is 1.37. The second kappa shape index (κ2) is 6.71. The molecule has 106 valence electrons. The van der Waals surface area contributed by atoms with Gasteiger partial charge in [0.05, 0.1) is 12.9 Å². The molecule has 1 aromatic heterocycles. The maximum atomic E-state index is 11.1. The number of rotatable bonds is 5. The maximum Gasteiger partial charge on any atom is 0.316 e. The van der Waals surface area contributed by atoms with Crippen molar-refractivity contribution in [2.24, 2.45) is 0 Å². The second-order valence-corrected chi connectivity index (χ2v) is 6.36. The summed E-state index contributed by atoms with van der Waals surface area (Å²) in [4.78, 5) is 11.1. The van der Waals surface area contributed by atoms with Crippen LogP contribution in [-0.4, -0.2) is 29.0 Å². The van der Waals surface area contributed by atoms with E-state index in [1.807, 2.05) is 6.07 Å². The molecule has 0 saturated carbocycles. The smallest absolute Gasteiger partial charge is 0.316 e. The number of aromatic nitrogens is 2. The zero-order chi connectivity index (χ0) is 14.5. The number of esters is 1. The minimum absolute atomic E-state index is 0.245. The van der Waals surface area contributed by atoms with Crippen molar-refractivity contribution < 1.29 is 9.53 Å². The van der Waals surface area contributed by atoms with Gasteiger partial charge in [0.2, 0.25) is 5.13 Å². The number of nitrogens with one attached hydrogen (secondary N) is 1. The summed E-state index contributed by atoms with van der Waals surface area (Å²) >= 11 is 2.73. The van der Waals surface area contributed by atoms with Crippen LogP contribution >= 0.6 is 23.1 Å². The quantitative estimate of drug-likeness (QED) is 0.676. The number of methoxy groups -OCH3 is 1. The molecule has 0 fully saturated rings. The molecular weight excluding hydrogens is 294 g/mol. The minimum Gasteiger partial charge on any atom is -0.468 e. The van der Waals surface area contributed by atoms with Gasteiger partial charge in [-0.15, -0.1) is 10.2 Å². The number of benzene rings is 1. The Morgan fingerprint density at radius 2 is 2.15 bits per heavy atom. The van der Waals surface area contributed by atoms with E-state index in [-0.39, 0.29) is 11.7 Å². The van der Waals surface area contributed by atoms with Crippen LogP contribution in [0.2, 0.25) is 0 Å². The number of carbonyl (C=O) groups is 1. The highest BCUT2D eigenvalue weighted by atomic mass is 32.2. The van der Waals surface area contributed by atoms with Gasteiger partial charge < -0.3 is 10.1 Å². The molecule has 0 unspecified atom stereocenters. The maximum absolute atomic E-state index is 11.1. The summed E-state index contributed by atoms with van der Waals surface area (Å²) in [5.74, 6) is -0.0248. The largest absolute Gasteiger partial charge is 0.468 e. The molecule has 2 aromatic rings. The molecule has 7 heteroatoms. The Balaban J connectivity index is 1.98. The van der Waals surface area contributed by atoms with Gasteiger partial charge in [-0.1, -0.05) is 29.2 Å². The summed E-state index contributed by atoms with van der Waals surface area (Å²) in [6, 6.07) is 6.13. The Bertz CT molecular complexity index is 613. The third-order valence-corrected chi connectivity index (χ3v) is 4.65. The van der Waals surface area contributed by atoms with Crippen LogP contribution in [0.15, 0.2) is 22.5 Å². The van der Waals surface area contributed by atoms with Gasteiger partial charge in [0, 0.05) is 5.69 Å². The fourth-order valence-corrected chi connectivity index (χ4v) is 3.05. The van der Waals surface area contributed by atoms with E-state index in [9.17, 15) is 4.79 Å². The summed E-state index contributed by atoms with van der Waals surface area (Å²) in [6.45, 7) is 4.14. The highest BCUT2D eigenvalue weighted by Gasteiger charge is 2.08. The van der Waals surface area contributed by atoms with Crippen molar-refractivity contribution in [2.75, 3.05) is 18.2 Å². The molecule has 0 aliphatic heterocycles. The molecule has 0 amide bonds. The molecule has 1 aromatic carbocycles. The first-order valence-corrected chi connectivity index (χ1v) is 7.76. The summed E-state index contributed by atoms with van der Waals surface area (Å²) in [6.07, 6.45) is 0. The molecular formula is C13H15N3O2S2. The first kappa shape index (κ1) is 14.8. The van der Waals surface area contributed by atoms with E-state index in [2.05, 4.69) is 46.2 Å². The molecule has 0 atom stereocenters. The van der Waals surface area contributed by atoms with Crippen LogP contribution in [0.25, 0.3) is 0 Å². The number of anilines is 2. The van der Waals surface area contributed by atoms with Crippen molar-refractivity contribution in [3.63, 3.8) is 0 Å². The zero-order valence-corrected chi connectivity index (χ0v) is 13.1. The molecule has 0 saturated heterocycles. The highest BCUT2D eigenvalue weighted by molar-refractivity contribution is 8.01. The van der Waals surface area contributed by atoms with E-state index in [4.69, 9.17) is 0 Å². The normalized spacial score (nSPS) is 10.3. The fraction of sp³-hybridized carbons (Fsp3) is 0.308. The third kappa shape index (κ3) is 3.94. The van der Waals surface area contributed by atoms with Crippen molar-refractivity contribution in [3.05, 3.63) is 29.3 Å². The van der Waals surface area contributed by atoms with E-state index in [0.717, 1.165) is 10.0 Å². The van der Waals surface area contributed by atoms with E-state index in [1.165, 1.54) is 41.3 Å². The Hall–Kier alpha value is -1.60. The first-order valence-electron chi connectivity index (χ1n) is 5.96. The monoisotopic (exact) mass is 309 g/mol.